The summed E-state index contributed by atoms with van der Waals surface area (Å²) in [7, 11) is 1.22. The van der Waals surface area contributed by atoms with E-state index >= 15 is 0 Å². The molecular weight excluding hydrogens is 354 g/mol. The van der Waals surface area contributed by atoms with Gasteiger partial charge in [0.1, 0.15) is 12.4 Å². The van der Waals surface area contributed by atoms with Crippen molar-refractivity contribution in [2.24, 2.45) is 0 Å². The van der Waals surface area contributed by atoms with Crippen LogP contribution in [0.5, 0.6) is 5.75 Å². The first kappa shape index (κ1) is 18.5. The second kappa shape index (κ2) is 7.98. The maximum absolute atomic E-state index is 11.8. The molecule has 0 aromatic heterocycles. The van der Waals surface area contributed by atoms with Crippen molar-refractivity contribution in [3.8, 4) is 5.75 Å². The minimum atomic E-state index is -0.843. The first-order valence-electron chi connectivity index (χ1n) is 8.65. The molecule has 1 aliphatic carbocycles. The number of ether oxygens (including phenoxy) is 2. The fraction of sp³-hybridized carbons (Fsp3) is 0.350. The van der Waals surface area contributed by atoms with E-state index in [1.165, 1.54) is 7.11 Å². The number of methoxy groups -OCH3 is 1. The Morgan fingerprint density at radius 1 is 1.31 bits per heavy atom. The van der Waals surface area contributed by atoms with E-state index in [-0.39, 0.29) is 6.61 Å². The van der Waals surface area contributed by atoms with Crippen molar-refractivity contribution in [2.45, 2.75) is 38.7 Å². The van der Waals surface area contributed by atoms with Crippen LogP contribution in [0.15, 0.2) is 36.4 Å². The van der Waals surface area contributed by atoms with Crippen molar-refractivity contribution in [3.63, 3.8) is 0 Å². The van der Waals surface area contributed by atoms with Crippen molar-refractivity contribution in [2.75, 3.05) is 12.2 Å². The summed E-state index contributed by atoms with van der Waals surface area (Å²) >= 11 is 6.31. The summed E-state index contributed by atoms with van der Waals surface area (Å²) in [5, 5.41) is 11.3. The van der Waals surface area contributed by atoms with Gasteiger partial charge in [-0.2, -0.15) is 5.06 Å². The fourth-order valence-electron chi connectivity index (χ4n) is 2.94. The number of hydroxylamine groups is 1. The number of carbonyl (C=O) groups is 1. The minimum Gasteiger partial charge on any atom is -0.487 e. The van der Waals surface area contributed by atoms with Gasteiger partial charge in [0.15, 0.2) is 0 Å². The Hall–Kier alpha value is -2.24. The van der Waals surface area contributed by atoms with E-state index in [1.54, 1.807) is 6.07 Å². The van der Waals surface area contributed by atoms with Gasteiger partial charge in [0.2, 0.25) is 0 Å². The molecule has 1 N–H and O–H groups in total. The second-order valence-corrected chi connectivity index (χ2v) is 6.72. The van der Waals surface area contributed by atoms with Gasteiger partial charge in [0.05, 0.1) is 17.8 Å². The quantitative estimate of drug-likeness (QED) is 0.548. The average Bonchev–Trinajstić information content (AvgIpc) is 3.50. The van der Waals surface area contributed by atoms with Crippen molar-refractivity contribution in [1.82, 2.24) is 0 Å². The second-order valence-electron chi connectivity index (χ2n) is 6.31. The molecule has 2 aromatic rings. The van der Waals surface area contributed by atoms with Gasteiger partial charge in [-0.15, -0.1) is 0 Å². The lowest BCUT2D eigenvalue weighted by atomic mass is 10.0. The molecule has 0 atom stereocenters. The lowest BCUT2D eigenvalue weighted by Gasteiger charge is -2.20. The Morgan fingerprint density at radius 2 is 2.08 bits per heavy atom. The molecule has 1 fully saturated rings. The zero-order valence-corrected chi connectivity index (χ0v) is 15.6. The van der Waals surface area contributed by atoms with Crippen LogP contribution in [-0.2, 0) is 17.8 Å². The highest BCUT2D eigenvalue weighted by molar-refractivity contribution is 6.32. The average molecular weight is 376 g/mol. The maximum atomic E-state index is 11.8. The highest BCUT2D eigenvalue weighted by atomic mass is 35.5. The third kappa shape index (κ3) is 3.94. The van der Waals surface area contributed by atoms with Crippen molar-refractivity contribution < 1.29 is 19.5 Å². The standard InChI is InChI=1S/C20H22ClNO4/c1-3-13-7-10-19(17(21)11-13)26-12-16-15(14-8-9-14)5-4-6-18(16)22(24)20(23)25-2/h4-7,10-11,14,24H,3,8-9,12H2,1-2H3. The molecule has 1 amide bonds. The van der Waals surface area contributed by atoms with E-state index in [2.05, 4.69) is 11.7 Å². The normalized spacial score (nSPS) is 13.4. The number of hydrogen-bond acceptors (Lipinski definition) is 4. The van der Waals surface area contributed by atoms with Crippen LogP contribution in [0.3, 0.4) is 0 Å². The monoisotopic (exact) mass is 375 g/mol. The highest BCUT2D eigenvalue weighted by Gasteiger charge is 2.29. The molecule has 26 heavy (non-hydrogen) atoms. The van der Waals surface area contributed by atoms with Gasteiger partial charge in [0.25, 0.3) is 0 Å². The van der Waals surface area contributed by atoms with Crippen molar-refractivity contribution in [1.29, 1.82) is 0 Å². The Kier molecular flexibility index (Phi) is 5.69. The zero-order chi connectivity index (χ0) is 18.7. The van der Waals surface area contributed by atoms with Gasteiger partial charge in [0, 0.05) is 5.56 Å². The largest absolute Gasteiger partial charge is 0.487 e. The molecule has 0 unspecified atom stereocenters. The molecule has 1 aliphatic rings. The zero-order valence-electron chi connectivity index (χ0n) is 14.9. The summed E-state index contributed by atoms with van der Waals surface area (Å²) in [6.07, 6.45) is 2.23. The Bertz CT molecular complexity index is 804. The van der Waals surface area contributed by atoms with Crippen molar-refractivity contribution >= 4 is 23.4 Å². The number of anilines is 1. The Labute approximate surface area is 158 Å². The Balaban J connectivity index is 1.89. The first-order chi connectivity index (χ1) is 12.5. The molecule has 0 spiro atoms. The third-order valence-electron chi connectivity index (χ3n) is 4.56. The number of halogens is 1. The van der Waals surface area contributed by atoms with Crippen LogP contribution in [0.2, 0.25) is 5.02 Å². The molecule has 5 nitrogen and oxygen atoms in total. The van der Waals surface area contributed by atoms with Crippen LogP contribution < -0.4 is 9.80 Å². The molecule has 0 saturated heterocycles. The molecule has 0 aliphatic heterocycles. The summed E-state index contributed by atoms with van der Waals surface area (Å²) in [4.78, 5) is 11.8. The molecule has 0 bridgehead atoms. The number of amides is 1. The lowest BCUT2D eigenvalue weighted by Crippen LogP contribution is -2.28. The summed E-state index contributed by atoms with van der Waals surface area (Å²) in [5.74, 6) is 1.00. The number of nitrogens with zero attached hydrogens (tertiary/aromatic N) is 1. The summed E-state index contributed by atoms with van der Waals surface area (Å²) in [5.41, 5.74) is 3.33. The number of carbonyl (C=O) groups excluding carboxylic acids is 1. The number of hydrogen-bond donors (Lipinski definition) is 1. The molecule has 0 radical (unpaired) electrons. The highest BCUT2D eigenvalue weighted by Crippen LogP contribution is 2.44. The molecular formula is C20H22ClNO4. The smallest absolute Gasteiger partial charge is 0.438 e. The van der Waals surface area contributed by atoms with Gasteiger partial charge in [-0.3, -0.25) is 5.21 Å². The first-order valence-corrected chi connectivity index (χ1v) is 9.02. The van der Waals surface area contributed by atoms with Crippen LogP contribution in [0.1, 0.15) is 42.4 Å². The minimum absolute atomic E-state index is 0.196. The number of rotatable bonds is 6. The SMILES string of the molecule is CCc1ccc(OCc2c(C3CC3)cccc2N(O)C(=O)OC)c(Cl)c1. The van der Waals surface area contributed by atoms with E-state index in [0.29, 0.717) is 27.4 Å². The maximum Gasteiger partial charge on any atom is 0.438 e. The summed E-state index contributed by atoms with van der Waals surface area (Å²) < 4.78 is 10.5. The molecule has 1 saturated carbocycles. The van der Waals surface area contributed by atoms with E-state index in [1.807, 2.05) is 30.3 Å². The van der Waals surface area contributed by atoms with Crippen molar-refractivity contribution in [3.05, 3.63) is 58.1 Å². The topological polar surface area (TPSA) is 59.0 Å². The van der Waals surface area contributed by atoms with E-state index in [0.717, 1.165) is 36.0 Å². The van der Waals surface area contributed by atoms with Crippen LogP contribution in [0.25, 0.3) is 0 Å². The fourth-order valence-corrected chi connectivity index (χ4v) is 3.20. The van der Waals surface area contributed by atoms with E-state index < -0.39 is 6.09 Å². The Morgan fingerprint density at radius 3 is 2.69 bits per heavy atom. The van der Waals surface area contributed by atoms with Gasteiger partial charge in [-0.05, 0) is 54.5 Å². The third-order valence-corrected chi connectivity index (χ3v) is 4.85. The van der Waals surface area contributed by atoms with Crippen LogP contribution in [0, 0.1) is 0 Å². The van der Waals surface area contributed by atoms with Crippen LogP contribution in [-0.4, -0.2) is 18.4 Å². The van der Waals surface area contributed by atoms with Crippen LogP contribution >= 0.6 is 11.6 Å². The summed E-state index contributed by atoms with van der Waals surface area (Å²) in [6, 6.07) is 11.2. The molecule has 6 heteroatoms. The summed E-state index contributed by atoms with van der Waals surface area (Å²) in [6.45, 7) is 2.26. The van der Waals surface area contributed by atoms with Gasteiger partial charge < -0.3 is 9.47 Å². The van der Waals surface area contributed by atoms with E-state index in [9.17, 15) is 10.0 Å². The number of benzene rings is 2. The van der Waals surface area contributed by atoms with Crippen LogP contribution in [0.4, 0.5) is 10.5 Å². The predicted molar refractivity (Wildman–Crippen MR) is 100 cm³/mol. The molecule has 0 heterocycles. The van der Waals surface area contributed by atoms with Gasteiger partial charge in [-0.25, -0.2) is 4.79 Å². The van der Waals surface area contributed by atoms with Gasteiger partial charge >= 0.3 is 6.09 Å². The molecule has 138 valence electrons. The van der Waals surface area contributed by atoms with Gasteiger partial charge in [-0.1, -0.05) is 36.7 Å². The number of aryl methyl sites for hydroxylation is 1. The molecule has 3 rings (SSSR count). The molecule has 2 aromatic carbocycles. The predicted octanol–water partition coefficient (Wildman–Crippen LogP) is 5.32. The lowest BCUT2D eigenvalue weighted by molar-refractivity contribution is 0.140. The van der Waals surface area contributed by atoms with E-state index in [4.69, 9.17) is 16.3 Å².